The Kier molecular flexibility index (Phi) is 3.37. The minimum Gasteiger partial charge on any atom is -0.478 e. The summed E-state index contributed by atoms with van der Waals surface area (Å²) in [7, 11) is 1.71. The minimum atomic E-state index is -1.05. The third-order valence-electron chi connectivity index (χ3n) is 2.67. The molecule has 2 N–H and O–H groups in total. The fraction of sp³-hybridized carbons (Fsp3) is 0.250. The fourth-order valence-corrected chi connectivity index (χ4v) is 1.68. The summed E-state index contributed by atoms with van der Waals surface area (Å²) in [6.45, 7) is 1.69. The molecule has 2 heterocycles. The van der Waals surface area contributed by atoms with Gasteiger partial charge in [-0.2, -0.15) is 0 Å². The Hall–Kier alpha value is -2.57. The highest BCUT2D eigenvalue weighted by Gasteiger charge is 2.15. The van der Waals surface area contributed by atoms with Crippen molar-refractivity contribution in [3.8, 4) is 0 Å². The lowest BCUT2D eigenvalue weighted by molar-refractivity contribution is 0.0694. The van der Waals surface area contributed by atoms with Gasteiger partial charge in [0.2, 0.25) is 0 Å². The Morgan fingerprint density at radius 3 is 2.79 bits per heavy atom. The second-order valence-electron chi connectivity index (χ2n) is 4.06. The zero-order valence-electron chi connectivity index (χ0n) is 10.5. The van der Waals surface area contributed by atoms with Gasteiger partial charge in [-0.05, 0) is 13.0 Å². The van der Waals surface area contributed by atoms with Crippen LogP contribution in [0.15, 0.2) is 23.0 Å². The van der Waals surface area contributed by atoms with Gasteiger partial charge in [-0.3, -0.25) is 4.79 Å². The van der Waals surface area contributed by atoms with Gasteiger partial charge in [0.15, 0.2) is 0 Å². The smallest absolute Gasteiger partial charge is 0.339 e. The molecule has 2 rings (SSSR count). The number of aryl methyl sites for hydroxylation is 2. The van der Waals surface area contributed by atoms with E-state index >= 15 is 0 Å². The van der Waals surface area contributed by atoms with E-state index in [4.69, 9.17) is 9.52 Å². The zero-order chi connectivity index (χ0) is 14.0. The summed E-state index contributed by atoms with van der Waals surface area (Å²) in [5, 5.41) is 11.5. The molecular weight excluding hydrogens is 250 g/mol. The maximum Gasteiger partial charge on any atom is 0.339 e. The largest absolute Gasteiger partial charge is 0.478 e. The van der Waals surface area contributed by atoms with Gasteiger partial charge >= 0.3 is 5.97 Å². The van der Waals surface area contributed by atoms with Crippen molar-refractivity contribution in [2.24, 2.45) is 7.05 Å². The summed E-state index contributed by atoms with van der Waals surface area (Å²) in [5.74, 6) is -0.640. The molecule has 0 saturated heterocycles. The van der Waals surface area contributed by atoms with E-state index in [1.165, 1.54) is 18.6 Å². The lowest BCUT2D eigenvalue weighted by atomic mass is 10.2. The Balaban J connectivity index is 2.03. The van der Waals surface area contributed by atoms with Gasteiger partial charge in [-0.25, -0.2) is 9.78 Å². The molecule has 100 valence electrons. The molecule has 0 aliphatic rings. The van der Waals surface area contributed by atoms with Crippen molar-refractivity contribution in [2.45, 2.75) is 13.5 Å². The maximum absolute atomic E-state index is 11.8. The summed E-state index contributed by atoms with van der Waals surface area (Å²) in [6.07, 6.45) is 2.97. The monoisotopic (exact) mass is 263 g/mol. The van der Waals surface area contributed by atoms with E-state index in [2.05, 4.69) is 10.3 Å². The van der Waals surface area contributed by atoms with Crippen LogP contribution in [0, 0.1) is 6.92 Å². The first kappa shape index (κ1) is 12.9. The summed E-state index contributed by atoms with van der Waals surface area (Å²) in [4.78, 5) is 26.5. The number of nitrogens with zero attached hydrogens (tertiary/aromatic N) is 2. The number of carboxylic acids is 1. The van der Waals surface area contributed by atoms with Crippen molar-refractivity contribution < 1.29 is 19.1 Å². The van der Waals surface area contributed by atoms with Gasteiger partial charge in [0.05, 0.1) is 19.1 Å². The molecule has 0 spiro atoms. The van der Waals surface area contributed by atoms with E-state index in [0.29, 0.717) is 17.2 Å². The number of hydrogen-bond acceptors (Lipinski definition) is 4. The van der Waals surface area contributed by atoms with Crippen LogP contribution in [0.3, 0.4) is 0 Å². The van der Waals surface area contributed by atoms with Crippen molar-refractivity contribution in [3.05, 3.63) is 41.4 Å². The number of imidazole rings is 1. The van der Waals surface area contributed by atoms with Gasteiger partial charge in [0, 0.05) is 7.05 Å². The molecule has 0 bridgehead atoms. The lowest BCUT2D eigenvalue weighted by Crippen LogP contribution is -2.24. The van der Waals surface area contributed by atoms with Crippen LogP contribution in [-0.4, -0.2) is 26.5 Å². The number of rotatable bonds is 4. The van der Waals surface area contributed by atoms with E-state index < -0.39 is 5.97 Å². The maximum atomic E-state index is 11.8. The second-order valence-corrected chi connectivity index (χ2v) is 4.06. The highest BCUT2D eigenvalue weighted by Crippen LogP contribution is 2.14. The molecule has 0 aliphatic heterocycles. The molecule has 0 unspecified atom stereocenters. The van der Waals surface area contributed by atoms with Gasteiger partial charge in [-0.1, -0.05) is 0 Å². The van der Waals surface area contributed by atoms with E-state index in [9.17, 15) is 9.59 Å². The summed E-state index contributed by atoms with van der Waals surface area (Å²) < 4.78 is 6.84. The molecule has 0 saturated carbocycles. The number of amides is 1. The van der Waals surface area contributed by atoms with E-state index in [1.54, 1.807) is 18.5 Å². The topological polar surface area (TPSA) is 97.4 Å². The molecule has 7 nitrogen and oxygen atoms in total. The molecule has 0 radical (unpaired) electrons. The Bertz CT molecular complexity index is 627. The number of furan rings is 1. The Labute approximate surface area is 108 Å². The van der Waals surface area contributed by atoms with Crippen molar-refractivity contribution in [1.29, 1.82) is 0 Å². The second kappa shape index (κ2) is 4.97. The van der Waals surface area contributed by atoms with Gasteiger partial charge in [0.25, 0.3) is 5.91 Å². The standard InChI is InChI=1S/C12H13N3O4/c1-7-9(12(17)18)3-8(19-7)4-14-11(16)10-5-13-6-15(10)2/h3,5-6H,4H2,1-2H3,(H,14,16)(H,17,18). The van der Waals surface area contributed by atoms with Crippen molar-refractivity contribution in [1.82, 2.24) is 14.9 Å². The number of nitrogens with one attached hydrogen (secondary N) is 1. The van der Waals surface area contributed by atoms with Gasteiger partial charge in [0.1, 0.15) is 22.8 Å². The van der Waals surface area contributed by atoms with Crippen LogP contribution in [0.1, 0.15) is 32.4 Å². The quantitative estimate of drug-likeness (QED) is 0.855. The molecule has 0 atom stereocenters. The van der Waals surface area contributed by atoms with Crippen LogP contribution in [0.2, 0.25) is 0 Å². The summed E-state index contributed by atoms with van der Waals surface area (Å²) >= 11 is 0. The average Bonchev–Trinajstić information content (AvgIpc) is 2.92. The van der Waals surface area contributed by atoms with Crippen molar-refractivity contribution >= 4 is 11.9 Å². The first-order chi connectivity index (χ1) is 8.99. The number of hydrogen-bond donors (Lipinski definition) is 2. The third kappa shape index (κ3) is 2.65. The van der Waals surface area contributed by atoms with Crippen molar-refractivity contribution in [2.75, 3.05) is 0 Å². The van der Waals surface area contributed by atoms with Crippen LogP contribution in [0.25, 0.3) is 0 Å². The van der Waals surface area contributed by atoms with Crippen molar-refractivity contribution in [3.63, 3.8) is 0 Å². The highest BCUT2D eigenvalue weighted by molar-refractivity contribution is 5.92. The van der Waals surface area contributed by atoms with Gasteiger partial charge in [-0.15, -0.1) is 0 Å². The minimum absolute atomic E-state index is 0.102. The molecular formula is C12H13N3O4. The molecule has 19 heavy (non-hydrogen) atoms. The molecule has 7 heteroatoms. The average molecular weight is 263 g/mol. The molecule has 0 aromatic carbocycles. The van der Waals surface area contributed by atoms with Crippen LogP contribution >= 0.6 is 0 Å². The third-order valence-corrected chi connectivity index (χ3v) is 2.67. The van der Waals surface area contributed by atoms with E-state index in [0.717, 1.165) is 0 Å². The van der Waals surface area contributed by atoms with Crippen LogP contribution in [0.5, 0.6) is 0 Å². The predicted octanol–water partition coefficient (Wildman–Crippen LogP) is 0.950. The molecule has 2 aromatic heterocycles. The number of carboxylic acid groups (broad SMARTS) is 1. The number of carbonyl (C=O) groups is 2. The predicted molar refractivity (Wildman–Crippen MR) is 64.8 cm³/mol. The zero-order valence-corrected chi connectivity index (χ0v) is 10.5. The normalized spacial score (nSPS) is 10.4. The number of aromatic nitrogens is 2. The SMILES string of the molecule is Cc1oc(CNC(=O)c2cncn2C)cc1C(=O)O. The van der Waals surface area contributed by atoms with E-state index in [-0.39, 0.29) is 18.0 Å². The molecule has 2 aromatic rings. The first-order valence-corrected chi connectivity index (χ1v) is 5.56. The number of carbonyl (C=O) groups excluding carboxylic acids is 1. The van der Waals surface area contributed by atoms with Gasteiger partial charge < -0.3 is 19.4 Å². The van der Waals surface area contributed by atoms with E-state index in [1.807, 2.05) is 0 Å². The van der Waals surface area contributed by atoms with Crippen LogP contribution < -0.4 is 5.32 Å². The molecule has 0 aliphatic carbocycles. The summed E-state index contributed by atoms with van der Waals surface area (Å²) in [5.41, 5.74) is 0.520. The number of aromatic carboxylic acids is 1. The Morgan fingerprint density at radius 1 is 1.53 bits per heavy atom. The molecule has 1 amide bonds. The summed E-state index contributed by atoms with van der Waals surface area (Å²) in [6, 6.07) is 1.40. The fourth-order valence-electron chi connectivity index (χ4n) is 1.68. The first-order valence-electron chi connectivity index (χ1n) is 5.56. The van der Waals surface area contributed by atoms with Crippen LogP contribution in [0.4, 0.5) is 0 Å². The van der Waals surface area contributed by atoms with Crippen LogP contribution in [-0.2, 0) is 13.6 Å². The highest BCUT2D eigenvalue weighted by atomic mass is 16.4. The lowest BCUT2D eigenvalue weighted by Gasteiger charge is -2.03. The molecule has 0 fully saturated rings. The Morgan fingerprint density at radius 2 is 2.26 bits per heavy atom.